The first kappa shape index (κ1) is 15.1. The number of hydrogen-bond acceptors (Lipinski definition) is 4. The molecule has 0 saturated carbocycles. The van der Waals surface area contributed by atoms with Crippen LogP contribution in [0.5, 0.6) is 0 Å². The quantitative estimate of drug-likeness (QED) is 0.675. The minimum absolute atomic E-state index is 0.391. The molecule has 0 aliphatic carbocycles. The van der Waals surface area contributed by atoms with E-state index >= 15 is 0 Å². The first-order valence-corrected chi connectivity index (χ1v) is 6.56. The largest absolute Gasteiger partial charge is 0.383 e. The Labute approximate surface area is 110 Å². The minimum atomic E-state index is 0.391. The SMILES string of the molecule is CCCNCC(COC)N(C)Cc1cccnc1. The maximum atomic E-state index is 5.30. The Balaban J connectivity index is 2.45. The van der Waals surface area contributed by atoms with Crippen molar-refractivity contribution in [3.05, 3.63) is 30.1 Å². The molecular formula is C14H25N3O. The zero-order chi connectivity index (χ0) is 13.2. The number of aromatic nitrogens is 1. The van der Waals surface area contributed by atoms with Crippen molar-refractivity contribution in [2.45, 2.75) is 25.9 Å². The molecule has 0 radical (unpaired) electrons. The zero-order valence-electron chi connectivity index (χ0n) is 11.7. The zero-order valence-corrected chi connectivity index (χ0v) is 11.7. The average molecular weight is 251 g/mol. The van der Waals surface area contributed by atoms with E-state index in [2.05, 4.69) is 35.2 Å². The molecule has 1 atom stereocenters. The number of hydrogen-bond donors (Lipinski definition) is 1. The molecule has 4 nitrogen and oxygen atoms in total. The van der Waals surface area contributed by atoms with Crippen molar-refractivity contribution in [2.75, 3.05) is 33.9 Å². The number of ether oxygens (including phenoxy) is 1. The Morgan fingerprint density at radius 2 is 2.33 bits per heavy atom. The summed E-state index contributed by atoms with van der Waals surface area (Å²) in [4.78, 5) is 6.45. The highest BCUT2D eigenvalue weighted by molar-refractivity contribution is 5.08. The van der Waals surface area contributed by atoms with E-state index < -0.39 is 0 Å². The fourth-order valence-corrected chi connectivity index (χ4v) is 1.89. The summed E-state index contributed by atoms with van der Waals surface area (Å²) in [5.74, 6) is 0. The molecule has 0 fully saturated rings. The van der Waals surface area contributed by atoms with Gasteiger partial charge in [0.05, 0.1) is 6.61 Å². The summed E-state index contributed by atoms with van der Waals surface area (Å²) in [6.45, 7) is 5.83. The normalized spacial score (nSPS) is 12.9. The first-order valence-electron chi connectivity index (χ1n) is 6.56. The Morgan fingerprint density at radius 1 is 1.50 bits per heavy atom. The van der Waals surface area contributed by atoms with Gasteiger partial charge in [-0.05, 0) is 31.6 Å². The van der Waals surface area contributed by atoms with Crippen LogP contribution < -0.4 is 5.32 Å². The number of pyridine rings is 1. The Hall–Kier alpha value is -0.970. The second-order valence-corrected chi connectivity index (χ2v) is 4.59. The van der Waals surface area contributed by atoms with E-state index in [1.54, 1.807) is 13.3 Å². The highest BCUT2D eigenvalue weighted by atomic mass is 16.5. The smallest absolute Gasteiger partial charge is 0.0630 e. The van der Waals surface area contributed by atoms with E-state index in [9.17, 15) is 0 Å². The Kier molecular flexibility index (Phi) is 7.57. The van der Waals surface area contributed by atoms with E-state index in [0.717, 1.165) is 32.7 Å². The fraction of sp³-hybridized carbons (Fsp3) is 0.643. The van der Waals surface area contributed by atoms with Crippen LogP contribution >= 0.6 is 0 Å². The molecule has 1 rings (SSSR count). The molecule has 0 spiro atoms. The van der Waals surface area contributed by atoms with Crippen LogP contribution in [0, 0.1) is 0 Å². The van der Waals surface area contributed by atoms with Gasteiger partial charge in [0, 0.05) is 38.6 Å². The molecule has 1 N–H and O–H groups in total. The van der Waals surface area contributed by atoms with Gasteiger partial charge in [0.1, 0.15) is 0 Å². The van der Waals surface area contributed by atoms with Crippen molar-refractivity contribution in [3.8, 4) is 0 Å². The molecule has 0 amide bonds. The summed E-state index contributed by atoms with van der Waals surface area (Å²) in [6.07, 6.45) is 4.88. The lowest BCUT2D eigenvalue weighted by Gasteiger charge is -2.27. The molecule has 0 saturated heterocycles. The second-order valence-electron chi connectivity index (χ2n) is 4.59. The van der Waals surface area contributed by atoms with Crippen molar-refractivity contribution < 1.29 is 4.74 Å². The van der Waals surface area contributed by atoms with Gasteiger partial charge in [-0.3, -0.25) is 9.88 Å². The summed E-state index contributed by atoms with van der Waals surface area (Å²) in [5, 5.41) is 3.45. The van der Waals surface area contributed by atoms with E-state index in [1.165, 1.54) is 5.56 Å². The predicted octanol–water partition coefficient (Wildman–Crippen LogP) is 1.53. The van der Waals surface area contributed by atoms with Crippen molar-refractivity contribution >= 4 is 0 Å². The number of methoxy groups -OCH3 is 1. The van der Waals surface area contributed by atoms with Crippen LogP contribution in [0.15, 0.2) is 24.5 Å². The second kappa shape index (κ2) is 9.03. The standard InChI is InChI=1S/C14H25N3O/c1-4-7-15-10-14(12-18-3)17(2)11-13-6-5-8-16-9-13/h5-6,8-9,14-15H,4,7,10-12H2,1-3H3. The third-order valence-corrected chi connectivity index (χ3v) is 2.94. The van der Waals surface area contributed by atoms with Gasteiger partial charge in [-0.15, -0.1) is 0 Å². The van der Waals surface area contributed by atoms with Crippen LogP contribution in [0.25, 0.3) is 0 Å². The molecule has 0 aliphatic rings. The highest BCUT2D eigenvalue weighted by Crippen LogP contribution is 2.05. The van der Waals surface area contributed by atoms with Gasteiger partial charge in [0.25, 0.3) is 0 Å². The minimum Gasteiger partial charge on any atom is -0.383 e. The molecule has 0 bridgehead atoms. The summed E-state index contributed by atoms with van der Waals surface area (Å²) < 4.78 is 5.30. The van der Waals surface area contributed by atoms with Crippen LogP contribution in [0.4, 0.5) is 0 Å². The molecular weight excluding hydrogens is 226 g/mol. The molecule has 1 aromatic heterocycles. The fourth-order valence-electron chi connectivity index (χ4n) is 1.89. The summed E-state index contributed by atoms with van der Waals surface area (Å²) in [6, 6.07) is 4.47. The molecule has 102 valence electrons. The van der Waals surface area contributed by atoms with Gasteiger partial charge >= 0.3 is 0 Å². The lowest BCUT2D eigenvalue weighted by atomic mass is 10.2. The molecule has 4 heteroatoms. The van der Waals surface area contributed by atoms with Gasteiger partial charge in [-0.2, -0.15) is 0 Å². The third kappa shape index (κ3) is 5.58. The lowest BCUT2D eigenvalue weighted by Crippen LogP contribution is -2.42. The summed E-state index contributed by atoms with van der Waals surface area (Å²) in [5.41, 5.74) is 1.23. The van der Waals surface area contributed by atoms with Gasteiger partial charge in [0.2, 0.25) is 0 Å². The lowest BCUT2D eigenvalue weighted by molar-refractivity contribution is 0.101. The average Bonchev–Trinajstić information content (AvgIpc) is 2.39. The van der Waals surface area contributed by atoms with Gasteiger partial charge < -0.3 is 10.1 Å². The number of nitrogens with one attached hydrogen (secondary N) is 1. The van der Waals surface area contributed by atoms with E-state index in [-0.39, 0.29) is 0 Å². The van der Waals surface area contributed by atoms with E-state index in [0.29, 0.717) is 6.04 Å². The van der Waals surface area contributed by atoms with Crippen molar-refractivity contribution in [1.82, 2.24) is 15.2 Å². The van der Waals surface area contributed by atoms with E-state index in [4.69, 9.17) is 4.74 Å². The molecule has 1 aromatic rings. The van der Waals surface area contributed by atoms with Crippen molar-refractivity contribution in [3.63, 3.8) is 0 Å². The van der Waals surface area contributed by atoms with E-state index in [1.807, 2.05) is 12.3 Å². The van der Waals surface area contributed by atoms with Crippen LogP contribution in [0.2, 0.25) is 0 Å². The number of rotatable bonds is 9. The van der Waals surface area contributed by atoms with Crippen LogP contribution in [0.3, 0.4) is 0 Å². The topological polar surface area (TPSA) is 37.4 Å². The van der Waals surface area contributed by atoms with Gasteiger partial charge in [-0.1, -0.05) is 13.0 Å². The van der Waals surface area contributed by atoms with Gasteiger partial charge in [-0.25, -0.2) is 0 Å². The predicted molar refractivity (Wildman–Crippen MR) is 74.5 cm³/mol. The first-order chi connectivity index (χ1) is 8.77. The van der Waals surface area contributed by atoms with Crippen LogP contribution in [0.1, 0.15) is 18.9 Å². The molecule has 18 heavy (non-hydrogen) atoms. The molecule has 0 aromatic carbocycles. The molecule has 0 aliphatic heterocycles. The Morgan fingerprint density at radius 3 is 2.94 bits per heavy atom. The summed E-state index contributed by atoms with van der Waals surface area (Å²) in [7, 11) is 3.88. The third-order valence-electron chi connectivity index (χ3n) is 2.94. The number of likely N-dealkylation sites (N-methyl/N-ethyl adjacent to an activating group) is 1. The van der Waals surface area contributed by atoms with Gasteiger partial charge in [0.15, 0.2) is 0 Å². The molecule has 1 heterocycles. The monoisotopic (exact) mass is 251 g/mol. The Bertz CT molecular complexity index is 305. The number of nitrogens with zero attached hydrogens (tertiary/aromatic N) is 2. The highest BCUT2D eigenvalue weighted by Gasteiger charge is 2.14. The van der Waals surface area contributed by atoms with Crippen molar-refractivity contribution in [1.29, 1.82) is 0 Å². The van der Waals surface area contributed by atoms with Crippen molar-refractivity contribution in [2.24, 2.45) is 0 Å². The summed E-state index contributed by atoms with van der Waals surface area (Å²) >= 11 is 0. The van der Waals surface area contributed by atoms with Crippen LogP contribution in [-0.4, -0.2) is 49.8 Å². The maximum absolute atomic E-state index is 5.30. The molecule has 1 unspecified atom stereocenters. The maximum Gasteiger partial charge on any atom is 0.0630 e. The van der Waals surface area contributed by atoms with Crippen LogP contribution in [-0.2, 0) is 11.3 Å².